The number of halogens is 1. The Kier molecular flexibility index (Phi) is 1.99. The van der Waals surface area contributed by atoms with Crippen LogP contribution in [-0.2, 0) is 4.57 Å². The number of hydrogen-bond acceptors (Lipinski definition) is 1. The second kappa shape index (κ2) is 3.00. The molecule has 1 heterocycles. The first-order valence-electron chi connectivity index (χ1n) is 3.42. The molecule has 0 fully saturated rings. The molecule has 0 N–H and O–H groups in total. The summed E-state index contributed by atoms with van der Waals surface area (Å²) in [5.74, 6) is 0. The summed E-state index contributed by atoms with van der Waals surface area (Å²) in [7, 11) is 0.00498. The average molecular weight is 242 g/mol. The Morgan fingerprint density at radius 1 is 1.33 bits per heavy atom. The summed E-state index contributed by atoms with van der Waals surface area (Å²) in [5.41, 5.74) is 0.973. The molecule has 12 heavy (non-hydrogen) atoms. The molecule has 0 atom stereocenters. The fourth-order valence-electron chi connectivity index (χ4n) is 1.19. The highest BCUT2D eigenvalue weighted by molar-refractivity contribution is 9.10. The van der Waals surface area contributed by atoms with Crippen LogP contribution in [-0.4, -0.2) is 4.34 Å². The van der Waals surface area contributed by atoms with E-state index in [2.05, 4.69) is 15.9 Å². The first-order valence-corrected chi connectivity index (χ1v) is 4.98. The molecule has 4 heteroatoms. The van der Waals surface area contributed by atoms with Crippen molar-refractivity contribution in [1.82, 2.24) is 4.34 Å². The van der Waals surface area contributed by atoms with Crippen LogP contribution in [0.25, 0.3) is 10.9 Å². The van der Waals surface area contributed by atoms with Gasteiger partial charge >= 0.3 is 0 Å². The van der Waals surface area contributed by atoms with Gasteiger partial charge in [-0.15, -0.1) is 0 Å². The van der Waals surface area contributed by atoms with Crippen LogP contribution in [0.3, 0.4) is 0 Å². The van der Waals surface area contributed by atoms with Crippen molar-refractivity contribution in [1.29, 1.82) is 0 Å². The van der Waals surface area contributed by atoms with Gasteiger partial charge in [0.2, 0.25) is 0 Å². The minimum atomic E-state index is 0.00498. The van der Waals surface area contributed by atoms with E-state index in [1.54, 1.807) is 10.5 Å². The second-order valence-corrected chi connectivity index (χ2v) is 3.86. The van der Waals surface area contributed by atoms with Crippen molar-refractivity contribution in [2.45, 2.75) is 0 Å². The molecule has 0 unspecified atom stereocenters. The van der Waals surface area contributed by atoms with Crippen molar-refractivity contribution in [3.8, 4) is 0 Å². The topological polar surface area (TPSA) is 22.0 Å². The Morgan fingerprint density at radius 2 is 2.17 bits per heavy atom. The average Bonchev–Trinajstić information content (AvgIpc) is 2.49. The SMILES string of the molecule is O=Pn1ccc2c(Br)cccc21. The van der Waals surface area contributed by atoms with Crippen molar-refractivity contribution in [3.63, 3.8) is 0 Å². The van der Waals surface area contributed by atoms with Gasteiger partial charge in [0, 0.05) is 16.1 Å². The number of aromatic nitrogens is 1. The summed E-state index contributed by atoms with van der Waals surface area (Å²) in [6.45, 7) is 0. The Labute approximate surface area is 79.6 Å². The number of benzene rings is 1. The van der Waals surface area contributed by atoms with Crippen LogP contribution in [0.4, 0.5) is 0 Å². The van der Waals surface area contributed by atoms with E-state index in [1.165, 1.54) is 0 Å². The smallest absolute Gasteiger partial charge is 0.266 e. The van der Waals surface area contributed by atoms with E-state index in [1.807, 2.05) is 24.3 Å². The van der Waals surface area contributed by atoms with Gasteiger partial charge in [-0.05, 0) is 18.2 Å². The third-order valence-electron chi connectivity index (χ3n) is 1.75. The maximum atomic E-state index is 10.6. The van der Waals surface area contributed by atoms with Gasteiger partial charge in [0.05, 0.1) is 5.52 Å². The lowest BCUT2D eigenvalue weighted by Crippen LogP contribution is -1.75. The largest absolute Gasteiger partial charge is 0.286 e. The Morgan fingerprint density at radius 3 is 2.92 bits per heavy atom. The number of hydrogen-bond donors (Lipinski definition) is 0. The van der Waals surface area contributed by atoms with E-state index >= 15 is 0 Å². The molecule has 0 amide bonds. The monoisotopic (exact) mass is 241 g/mol. The van der Waals surface area contributed by atoms with Crippen LogP contribution in [0, 0.1) is 0 Å². The quantitative estimate of drug-likeness (QED) is 0.702. The summed E-state index contributed by atoms with van der Waals surface area (Å²) in [5, 5.41) is 1.08. The van der Waals surface area contributed by atoms with Crippen molar-refractivity contribution < 1.29 is 4.57 Å². The molecular weight excluding hydrogens is 237 g/mol. The van der Waals surface area contributed by atoms with Crippen LogP contribution in [0.5, 0.6) is 0 Å². The van der Waals surface area contributed by atoms with Crippen molar-refractivity contribution in [3.05, 3.63) is 34.9 Å². The van der Waals surface area contributed by atoms with Crippen molar-refractivity contribution in [2.24, 2.45) is 0 Å². The molecule has 0 aliphatic carbocycles. The van der Waals surface area contributed by atoms with E-state index in [-0.39, 0.29) is 8.61 Å². The summed E-state index contributed by atoms with van der Waals surface area (Å²) >= 11 is 3.42. The second-order valence-electron chi connectivity index (χ2n) is 2.41. The van der Waals surface area contributed by atoms with Gasteiger partial charge < -0.3 is 0 Å². The molecule has 0 spiro atoms. The fraction of sp³-hybridized carbons (Fsp3) is 0. The maximum Gasteiger partial charge on any atom is 0.286 e. The third-order valence-corrected chi connectivity index (χ3v) is 2.96. The van der Waals surface area contributed by atoms with Crippen molar-refractivity contribution in [2.75, 3.05) is 0 Å². The molecule has 2 aromatic rings. The first kappa shape index (κ1) is 7.96. The lowest BCUT2D eigenvalue weighted by Gasteiger charge is -1.94. The molecule has 1 aromatic heterocycles. The molecule has 0 bridgehead atoms. The van der Waals surface area contributed by atoms with Gasteiger partial charge in [0.1, 0.15) is 0 Å². The van der Waals surface area contributed by atoms with Crippen molar-refractivity contribution >= 4 is 35.4 Å². The van der Waals surface area contributed by atoms with Gasteiger partial charge in [0.15, 0.2) is 0 Å². The van der Waals surface area contributed by atoms with Crippen LogP contribution < -0.4 is 0 Å². The molecule has 2 rings (SSSR count). The summed E-state index contributed by atoms with van der Waals surface area (Å²) in [6.07, 6.45) is 1.80. The maximum absolute atomic E-state index is 10.6. The van der Waals surface area contributed by atoms with E-state index in [0.717, 1.165) is 15.4 Å². The standard InChI is InChI=1S/C8H5BrNOP/c9-7-2-1-3-8-6(7)4-5-10(8)12-11/h1-5H. The zero-order valence-electron chi connectivity index (χ0n) is 6.07. The normalized spacial score (nSPS) is 11.1. The third kappa shape index (κ3) is 1.10. The van der Waals surface area contributed by atoms with Gasteiger partial charge in [-0.25, -0.2) is 4.57 Å². The number of nitrogens with zero attached hydrogens (tertiary/aromatic N) is 1. The molecule has 0 aliphatic rings. The highest BCUT2D eigenvalue weighted by Gasteiger charge is 2.01. The molecule has 0 saturated carbocycles. The van der Waals surface area contributed by atoms with Gasteiger partial charge in [-0.1, -0.05) is 22.0 Å². The minimum Gasteiger partial charge on any atom is -0.266 e. The molecule has 60 valence electrons. The van der Waals surface area contributed by atoms with Gasteiger partial charge in [0.25, 0.3) is 8.61 Å². The fourth-order valence-corrected chi connectivity index (χ4v) is 2.06. The number of rotatable bonds is 1. The predicted molar refractivity (Wildman–Crippen MR) is 52.6 cm³/mol. The summed E-state index contributed by atoms with van der Waals surface area (Å²) in [6, 6.07) is 7.76. The lowest BCUT2D eigenvalue weighted by atomic mass is 10.3. The van der Waals surface area contributed by atoms with Gasteiger partial charge in [-0.2, -0.15) is 0 Å². The number of fused-ring (bicyclic) bond motifs is 1. The van der Waals surface area contributed by atoms with E-state index in [4.69, 9.17) is 0 Å². The summed E-state index contributed by atoms with van der Waals surface area (Å²) < 4.78 is 13.3. The van der Waals surface area contributed by atoms with Crippen LogP contribution in [0.15, 0.2) is 34.9 Å². The zero-order chi connectivity index (χ0) is 8.55. The van der Waals surface area contributed by atoms with Gasteiger partial charge in [-0.3, -0.25) is 4.34 Å². The molecule has 1 aromatic carbocycles. The Bertz CT molecular complexity index is 438. The van der Waals surface area contributed by atoms with Crippen LogP contribution >= 0.6 is 24.5 Å². The Hall–Kier alpha value is -0.660. The minimum absolute atomic E-state index is 0.00498. The molecule has 0 saturated heterocycles. The predicted octanol–water partition coefficient (Wildman–Crippen LogP) is 3.46. The van der Waals surface area contributed by atoms with E-state index in [9.17, 15) is 4.57 Å². The van der Waals surface area contributed by atoms with Crippen LogP contribution in [0.2, 0.25) is 0 Å². The van der Waals surface area contributed by atoms with E-state index in [0.29, 0.717) is 0 Å². The highest BCUT2D eigenvalue weighted by atomic mass is 79.9. The molecule has 0 aliphatic heterocycles. The molecular formula is C8H5BrNOP. The molecule has 0 radical (unpaired) electrons. The summed E-state index contributed by atoms with van der Waals surface area (Å²) in [4.78, 5) is 0. The Balaban J connectivity index is 2.88. The molecule has 2 nitrogen and oxygen atoms in total. The van der Waals surface area contributed by atoms with Crippen LogP contribution in [0.1, 0.15) is 0 Å². The lowest BCUT2D eigenvalue weighted by molar-refractivity contribution is 0.595. The first-order chi connectivity index (χ1) is 5.83. The highest BCUT2D eigenvalue weighted by Crippen LogP contribution is 2.26. The van der Waals surface area contributed by atoms with E-state index < -0.39 is 0 Å². The zero-order valence-corrected chi connectivity index (χ0v) is 8.55.